The molecule has 1 rings (SSSR count). The summed E-state index contributed by atoms with van der Waals surface area (Å²) in [6.45, 7) is 0. The van der Waals surface area contributed by atoms with E-state index >= 15 is 0 Å². The van der Waals surface area contributed by atoms with Crippen molar-refractivity contribution in [3.8, 4) is 0 Å². The highest BCUT2D eigenvalue weighted by Crippen LogP contribution is 2.14. The molecule has 0 atom stereocenters. The molecule has 1 aromatic heterocycles. The predicted octanol–water partition coefficient (Wildman–Crippen LogP) is 0.526. The highest BCUT2D eigenvalue weighted by atomic mass is 35.5. The Morgan fingerprint density at radius 2 is 2.38 bits per heavy atom. The fourth-order valence-electron chi connectivity index (χ4n) is 0.670. The molecule has 72 valence electrons. The number of nitro groups is 1. The van der Waals surface area contributed by atoms with Gasteiger partial charge in [-0.05, 0) is 0 Å². The minimum Gasteiger partial charge on any atom is -0.464 e. The molecule has 13 heavy (non-hydrogen) atoms. The van der Waals surface area contributed by atoms with E-state index in [9.17, 15) is 14.9 Å². The van der Waals surface area contributed by atoms with E-state index in [1.807, 2.05) is 0 Å². The van der Waals surface area contributed by atoms with Crippen LogP contribution in [0.5, 0.6) is 0 Å². The van der Waals surface area contributed by atoms with Gasteiger partial charge in [-0.2, -0.15) is 5.10 Å². The van der Waals surface area contributed by atoms with Crippen LogP contribution in [-0.4, -0.2) is 28.2 Å². The van der Waals surface area contributed by atoms with Crippen LogP contribution < -0.4 is 0 Å². The van der Waals surface area contributed by atoms with Crippen molar-refractivity contribution in [3.05, 3.63) is 22.0 Å². The summed E-state index contributed by atoms with van der Waals surface area (Å²) in [7, 11) is 1.13. The van der Waals surface area contributed by atoms with Gasteiger partial charge in [-0.25, -0.2) is 4.79 Å². The summed E-state index contributed by atoms with van der Waals surface area (Å²) in [5.41, 5.74) is -0.704. The number of aromatic nitrogens is 2. The van der Waals surface area contributed by atoms with E-state index < -0.39 is 10.9 Å². The third-order valence-electron chi connectivity index (χ3n) is 1.20. The van der Waals surface area contributed by atoms with Crippen molar-refractivity contribution in [1.29, 1.82) is 0 Å². The standard InChI is InChI=1S/C5H5N3O4.ClH/c1-12-5(9)4-3(8(10)11)2-6-7-4;/h2H,1H3,(H,6,7);1H. The van der Waals surface area contributed by atoms with Gasteiger partial charge >= 0.3 is 11.7 Å². The van der Waals surface area contributed by atoms with Crippen LogP contribution in [-0.2, 0) is 4.74 Å². The maximum absolute atomic E-state index is 10.8. The summed E-state index contributed by atoms with van der Waals surface area (Å²) in [4.78, 5) is 20.3. The number of esters is 1. The van der Waals surface area contributed by atoms with E-state index in [4.69, 9.17) is 0 Å². The molecular weight excluding hydrogens is 202 g/mol. The average molecular weight is 208 g/mol. The number of rotatable bonds is 2. The maximum atomic E-state index is 10.8. The van der Waals surface area contributed by atoms with Gasteiger partial charge in [-0.15, -0.1) is 12.4 Å². The third kappa shape index (κ3) is 2.15. The molecule has 0 aliphatic carbocycles. The molecule has 1 heterocycles. The Kier molecular flexibility index (Phi) is 3.86. The first kappa shape index (κ1) is 11.4. The molecule has 0 fully saturated rings. The lowest BCUT2D eigenvalue weighted by molar-refractivity contribution is -0.385. The van der Waals surface area contributed by atoms with E-state index in [1.54, 1.807) is 0 Å². The number of hydrogen-bond acceptors (Lipinski definition) is 5. The van der Waals surface area contributed by atoms with Crippen LogP contribution in [0, 0.1) is 10.1 Å². The van der Waals surface area contributed by atoms with Crippen LogP contribution in [0.2, 0.25) is 0 Å². The number of ether oxygens (including phenoxy) is 1. The lowest BCUT2D eigenvalue weighted by Crippen LogP contribution is -2.04. The fraction of sp³-hybridized carbons (Fsp3) is 0.200. The van der Waals surface area contributed by atoms with Crippen LogP contribution >= 0.6 is 12.4 Å². The Morgan fingerprint density at radius 3 is 2.85 bits per heavy atom. The Morgan fingerprint density at radius 1 is 1.77 bits per heavy atom. The second-order valence-electron chi connectivity index (χ2n) is 1.87. The smallest absolute Gasteiger partial charge is 0.365 e. The molecule has 0 saturated heterocycles. The molecule has 0 aliphatic heterocycles. The van der Waals surface area contributed by atoms with Gasteiger partial charge in [-0.3, -0.25) is 15.2 Å². The second kappa shape index (κ2) is 4.41. The Hall–Kier alpha value is -1.63. The van der Waals surface area contributed by atoms with Gasteiger partial charge in [0.15, 0.2) is 0 Å². The van der Waals surface area contributed by atoms with Crippen LogP contribution in [0.15, 0.2) is 6.20 Å². The van der Waals surface area contributed by atoms with Crippen molar-refractivity contribution in [3.63, 3.8) is 0 Å². The van der Waals surface area contributed by atoms with Crippen LogP contribution in [0.25, 0.3) is 0 Å². The fourth-order valence-corrected chi connectivity index (χ4v) is 0.670. The number of halogens is 1. The Balaban J connectivity index is 0.00000144. The summed E-state index contributed by atoms with van der Waals surface area (Å²) in [5, 5.41) is 15.8. The van der Waals surface area contributed by atoms with E-state index in [-0.39, 0.29) is 23.8 Å². The first-order chi connectivity index (χ1) is 5.66. The normalized spacial score (nSPS) is 8.69. The number of hydrogen-bond donors (Lipinski definition) is 1. The number of nitrogens with one attached hydrogen (secondary N) is 1. The molecule has 0 unspecified atom stereocenters. The number of nitrogens with zero attached hydrogens (tertiary/aromatic N) is 2. The van der Waals surface area contributed by atoms with E-state index in [0.717, 1.165) is 13.3 Å². The lowest BCUT2D eigenvalue weighted by atomic mass is 10.4. The van der Waals surface area contributed by atoms with Crippen molar-refractivity contribution < 1.29 is 14.5 Å². The molecule has 0 saturated carbocycles. The highest BCUT2D eigenvalue weighted by Gasteiger charge is 2.23. The molecule has 0 amide bonds. The second-order valence-corrected chi connectivity index (χ2v) is 1.87. The largest absolute Gasteiger partial charge is 0.464 e. The zero-order valence-corrected chi connectivity index (χ0v) is 7.33. The van der Waals surface area contributed by atoms with Gasteiger partial charge in [0.05, 0.1) is 12.0 Å². The molecule has 0 aromatic carbocycles. The van der Waals surface area contributed by atoms with Gasteiger partial charge in [0, 0.05) is 0 Å². The summed E-state index contributed by atoms with van der Waals surface area (Å²) >= 11 is 0. The Bertz CT molecular complexity index is 323. The number of methoxy groups -OCH3 is 1. The van der Waals surface area contributed by atoms with Gasteiger partial charge in [-0.1, -0.05) is 0 Å². The lowest BCUT2D eigenvalue weighted by Gasteiger charge is -1.91. The Labute approximate surface area is 78.6 Å². The molecule has 0 spiro atoms. The van der Waals surface area contributed by atoms with E-state index in [0.29, 0.717) is 0 Å². The van der Waals surface area contributed by atoms with Gasteiger partial charge in [0.25, 0.3) is 0 Å². The summed E-state index contributed by atoms with van der Waals surface area (Å²) < 4.78 is 4.26. The minimum absolute atomic E-state index is 0. The molecular formula is C5H6ClN3O4. The first-order valence-corrected chi connectivity index (χ1v) is 2.93. The zero-order chi connectivity index (χ0) is 9.14. The predicted molar refractivity (Wildman–Crippen MR) is 43.8 cm³/mol. The highest BCUT2D eigenvalue weighted by molar-refractivity contribution is 5.91. The van der Waals surface area contributed by atoms with Gasteiger partial charge in [0.1, 0.15) is 6.20 Å². The van der Waals surface area contributed by atoms with Crippen molar-refractivity contribution >= 4 is 24.1 Å². The molecule has 0 bridgehead atoms. The average Bonchev–Trinajstić information content (AvgIpc) is 2.50. The number of carbonyl (C=O) groups excluding carboxylic acids is 1. The molecule has 1 N–H and O–H groups in total. The number of H-pyrrole nitrogens is 1. The third-order valence-corrected chi connectivity index (χ3v) is 1.20. The van der Waals surface area contributed by atoms with Crippen LogP contribution in [0.1, 0.15) is 10.5 Å². The number of carbonyl (C=O) groups is 1. The van der Waals surface area contributed by atoms with Crippen molar-refractivity contribution in [2.24, 2.45) is 0 Å². The maximum Gasteiger partial charge on any atom is 0.365 e. The molecule has 8 heteroatoms. The van der Waals surface area contributed by atoms with Crippen molar-refractivity contribution in [2.75, 3.05) is 7.11 Å². The summed E-state index contributed by atoms with van der Waals surface area (Å²) in [6, 6.07) is 0. The topological polar surface area (TPSA) is 98.1 Å². The van der Waals surface area contributed by atoms with E-state index in [1.165, 1.54) is 0 Å². The minimum atomic E-state index is -0.831. The molecule has 0 aliphatic rings. The van der Waals surface area contributed by atoms with E-state index in [2.05, 4.69) is 14.9 Å². The van der Waals surface area contributed by atoms with Gasteiger partial charge < -0.3 is 4.74 Å². The first-order valence-electron chi connectivity index (χ1n) is 2.93. The molecule has 0 radical (unpaired) electrons. The molecule has 1 aromatic rings. The quantitative estimate of drug-likeness (QED) is 0.433. The van der Waals surface area contributed by atoms with Gasteiger partial charge in [0.2, 0.25) is 5.69 Å². The van der Waals surface area contributed by atoms with Crippen LogP contribution in [0.3, 0.4) is 0 Å². The van der Waals surface area contributed by atoms with Crippen LogP contribution in [0.4, 0.5) is 5.69 Å². The summed E-state index contributed by atoms with van der Waals surface area (Å²) in [5.74, 6) is -0.831. The molecule has 7 nitrogen and oxygen atoms in total. The summed E-state index contributed by atoms with van der Waals surface area (Å²) in [6.07, 6.45) is 1.02. The number of aromatic amines is 1. The SMILES string of the molecule is COC(=O)c1n[nH]cc1[N+](=O)[O-].Cl. The van der Waals surface area contributed by atoms with Crippen molar-refractivity contribution in [1.82, 2.24) is 10.2 Å². The zero-order valence-electron chi connectivity index (χ0n) is 6.51. The van der Waals surface area contributed by atoms with Crippen molar-refractivity contribution in [2.45, 2.75) is 0 Å². The monoisotopic (exact) mass is 207 g/mol.